The van der Waals surface area contributed by atoms with E-state index >= 15 is 0 Å². The predicted octanol–water partition coefficient (Wildman–Crippen LogP) is -0.407. The van der Waals surface area contributed by atoms with Crippen LogP contribution < -0.4 is 0 Å². The van der Waals surface area contributed by atoms with Crippen LogP contribution in [0, 0.1) is 5.92 Å². The van der Waals surface area contributed by atoms with E-state index in [1.807, 2.05) is 0 Å². The zero-order valence-electron chi connectivity index (χ0n) is 11.0. The predicted molar refractivity (Wildman–Crippen MR) is 69.6 cm³/mol. The molecule has 1 rings (SSSR count). The van der Waals surface area contributed by atoms with Crippen LogP contribution in [0.3, 0.4) is 0 Å². The molecule has 1 heterocycles. The molecule has 112 valence electrons. The molecule has 0 bridgehead atoms. The maximum Gasteiger partial charge on any atom is 0.310 e. The van der Waals surface area contributed by atoms with Crippen molar-refractivity contribution >= 4 is 25.8 Å². The van der Waals surface area contributed by atoms with Crippen molar-refractivity contribution in [1.29, 1.82) is 0 Å². The first-order chi connectivity index (χ1) is 8.65. The number of hydrogen-bond acceptors (Lipinski definition) is 6. The highest BCUT2D eigenvalue weighted by molar-refractivity contribution is 8.06. The average molecular weight is 313 g/mol. The van der Waals surface area contributed by atoms with E-state index in [9.17, 15) is 21.6 Å². The fourth-order valence-corrected chi connectivity index (χ4v) is 5.57. The van der Waals surface area contributed by atoms with Crippen molar-refractivity contribution in [2.45, 2.75) is 19.8 Å². The van der Waals surface area contributed by atoms with Crippen LogP contribution in [0.2, 0.25) is 0 Å². The summed E-state index contributed by atoms with van der Waals surface area (Å²) < 4.78 is 52.0. The van der Waals surface area contributed by atoms with Crippen LogP contribution in [0.4, 0.5) is 0 Å². The minimum atomic E-state index is -3.88. The number of carbonyl (C=O) groups is 1. The summed E-state index contributed by atoms with van der Waals surface area (Å²) >= 11 is 0. The molecular formula is C10H19NO6S2. The molecule has 19 heavy (non-hydrogen) atoms. The summed E-state index contributed by atoms with van der Waals surface area (Å²) in [5.41, 5.74) is 0. The Labute approximate surface area is 113 Å². The van der Waals surface area contributed by atoms with Crippen molar-refractivity contribution in [2.24, 2.45) is 5.92 Å². The van der Waals surface area contributed by atoms with Crippen LogP contribution in [0.25, 0.3) is 0 Å². The second kappa shape index (κ2) is 6.19. The van der Waals surface area contributed by atoms with Crippen molar-refractivity contribution in [1.82, 2.24) is 4.31 Å². The van der Waals surface area contributed by atoms with Gasteiger partial charge in [-0.2, -0.15) is 0 Å². The normalized spacial score (nSPS) is 22.1. The zero-order chi connectivity index (χ0) is 14.7. The van der Waals surface area contributed by atoms with E-state index in [1.54, 1.807) is 6.92 Å². The van der Waals surface area contributed by atoms with E-state index in [-0.39, 0.29) is 19.7 Å². The molecule has 0 N–H and O–H groups in total. The molecule has 0 aromatic carbocycles. The summed E-state index contributed by atoms with van der Waals surface area (Å²) in [6, 6.07) is 0. The average Bonchev–Trinajstić information content (AvgIpc) is 2.26. The van der Waals surface area contributed by atoms with Gasteiger partial charge in [-0.1, -0.05) is 0 Å². The highest BCUT2D eigenvalue weighted by Crippen LogP contribution is 2.21. The quantitative estimate of drug-likeness (QED) is 0.640. The zero-order valence-corrected chi connectivity index (χ0v) is 12.7. The first-order valence-electron chi connectivity index (χ1n) is 5.98. The molecule has 1 saturated heterocycles. The van der Waals surface area contributed by atoms with Crippen molar-refractivity contribution in [2.75, 3.05) is 31.0 Å². The standard InChI is InChI=1S/C10H19NO6S2/c1-3-17-10(12)9-5-4-6-11(7-9)19(15,16)8-18(2,13)14/h9H,3-8H2,1-2H3. The number of ether oxygens (including phenoxy) is 1. The fraction of sp³-hybridized carbons (Fsp3) is 0.900. The molecule has 1 aliphatic heterocycles. The minimum Gasteiger partial charge on any atom is -0.466 e. The van der Waals surface area contributed by atoms with Gasteiger partial charge in [-0.05, 0) is 19.8 Å². The number of hydrogen-bond donors (Lipinski definition) is 0. The lowest BCUT2D eigenvalue weighted by Crippen LogP contribution is -2.44. The number of sulfone groups is 1. The van der Waals surface area contributed by atoms with Crippen molar-refractivity contribution < 1.29 is 26.4 Å². The number of nitrogens with zero attached hydrogens (tertiary/aromatic N) is 1. The highest BCUT2D eigenvalue weighted by Gasteiger charge is 2.34. The van der Waals surface area contributed by atoms with Gasteiger partial charge in [-0.15, -0.1) is 0 Å². The number of piperidine rings is 1. The molecule has 0 aliphatic carbocycles. The summed E-state index contributed by atoms with van der Waals surface area (Å²) in [6.07, 6.45) is 1.95. The number of carbonyl (C=O) groups excluding carboxylic acids is 1. The molecule has 0 saturated carbocycles. The Kier molecular flexibility index (Phi) is 5.34. The Morgan fingerprint density at radius 3 is 2.47 bits per heavy atom. The Hall–Kier alpha value is -0.670. The number of rotatable bonds is 5. The maximum atomic E-state index is 11.9. The lowest BCUT2D eigenvalue weighted by atomic mass is 10.0. The van der Waals surface area contributed by atoms with Crippen LogP contribution in [-0.4, -0.2) is 58.1 Å². The summed E-state index contributed by atoms with van der Waals surface area (Å²) in [6.45, 7) is 2.16. The van der Waals surface area contributed by atoms with Gasteiger partial charge in [-0.3, -0.25) is 4.79 Å². The minimum absolute atomic E-state index is 0.00329. The van der Waals surface area contributed by atoms with Gasteiger partial charge < -0.3 is 4.74 Å². The monoisotopic (exact) mass is 313 g/mol. The summed E-state index contributed by atoms with van der Waals surface area (Å²) in [4.78, 5) is 11.6. The van der Waals surface area contributed by atoms with Gasteiger partial charge >= 0.3 is 5.97 Å². The SMILES string of the molecule is CCOC(=O)C1CCCN(S(=O)(=O)CS(C)(=O)=O)C1. The second-order valence-corrected chi connectivity index (χ2v) is 9.08. The molecule has 7 nitrogen and oxygen atoms in total. The molecule has 0 aromatic heterocycles. The van der Waals surface area contributed by atoms with Crippen LogP contribution in [0.5, 0.6) is 0 Å². The van der Waals surface area contributed by atoms with E-state index < -0.39 is 36.8 Å². The Morgan fingerprint density at radius 2 is 1.95 bits per heavy atom. The van der Waals surface area contributed by atoms with Crippen LogP contribution in [0.1, 0.15) is 19.8 Å². The lowest BCUT2D eigenvalue weighted by Gasteiger charge is -2.30. The molecule has 1 aliphatic rings. The largest absolute Gasteiger partial charge is 0.466 e. The third-order valence-corrected chi connectivity index (χ3v) is 6.78. The van der Waals surface area contributed by atoms with Gasteiger partial charge in [0.25, 0.3) is 0 Å². The first-order valence-corrected chi connectivity index (χ1v) is 9.65. The second-order valence-electron chi connectivity index (χ2n) is 4.60. The van der Waals surface area contributed by atoms with Crippen LogP contribution in [-0.2, 0) is 29.4 Å². The Morgan fingerprint density at radius 1 is 1.32 bits per heavy atom. The Balaban J connectivity index is 2.77. The van der Waals surface area contributed by atoms with Crippen LogP contribution in [0.15, 0.2) is 0 Å². The van der Waals surface area contributed by atoms with Crippen molar-refractivity contribution in [3.63, 3.8) is 0 Å². The lowest BCUT2D eigenvalue weighted by molar-refractivity contribution is -0.149. The van der Waals surface area contributed by atoms with E-state index in [0.717, 1.165) is 10.6 Å². The van der Waals surface area contributed by atoms with E-state index in [1.165, 1.54) is 0 Å². The van der Waals surface area contributed by atoms with Crippen LogP contribution >= 0.6 is 0 Å². The first kappa shape index (κ1) is 16.4. The third kappa shape index (κ3) is 5.07. The van der Waals surface area contributed by atoms with Gasteiger partial charge in [0.15, 0.2) is 14.9 Å². The molecule has 0 amide bonds. The van der Waals surface area contributed by atoms with Gasteiger partial charge in [0, 0.05) is 19.3 Å². The number of esters is 1. The van der Waals surface area contributed by atoms with E-state index in [4.69, 9.17) is 4.74 Å². The van der Waals surface area contributed by atoms with Gasteiger partial charge in [-0.25, -0.2) is 21.1 Å². The molecule has 0 aromatic rings. The van der Waals surface area contributed by atoms with Gasteiger partial charge in [0.1, 0.15) is 0 Å². The molecule has 9 heteroatoms. The number of sulfonamides is 1. The van der Waals surface area contributed by atoms with E-state index in [2.05, 4.69) is 0 Å². The van der Waals surface area contributed by atoms with Crippen molar-refractivity contribution in [3.05, 3.63) is 0 Å². The Bertz CT molecular complexity index is 524. The highest BCUT2D eigenvalue weighted by atomic mass is 32.3. The summed E-state index contributed by atoms with van der Waals surface area (Å²) in [7, 11) is -7.51. The molecule has 1 atom stereocenters. The van der Waals surface area contributed by atoms with Gasteiger partial charge in [0.2, 0.25) is 10.0 Å². The maximum absolute atomic E-state index is 11.9. The molecule has 1 unspecified atom stereocenters. The molecule has 0 radical (unpaired) electrons. The van der Waals surface area contributed by atoms with Gasteiger partial charge in [0.05, 0.1) is 12.5 Å². The summed E-state index contributed by atoms with van der Waals surface area (Å²) in [5.74, 6) is -0.940. The topological polar surface area (TPSA) is 97.8 Å². The summed E-state index contributed by atoms with van der Waals surface area (Å²) in [5, 5.41) is -0.921. The molecule has 1 fully saturated rings. The van der Waals surface area contributed by atoms with Crippen molar-refractivity contribution in [3.8, 4) is 0 Å². The molecular weight excluding hydrogens is 294 g/mol. The fourth-order valence-electron chi connectivity index (χ4n) is 1.99. The molecule has 0 spiro atoms. The smallest absolute Gasteiger partial charge is 0.310 e. The third-order valence-electron chi connectivity index (χ3n) is 2.76. The van der Waals surface area contributed by atoms with E-state index in [0.29, 0.717) is 12.8 Å².